The number of hydrogen-bond donors (Lipinski definition) is 5. The number of piperazine rings is 1. The molecule has 9 aromatic heterocycles. The van der Waals surface area contributed by atoms with E-state index < -0.39 is 26.8 Å². The third kappa shape index (κ3) is 15.4. The lowest BCUT2D eigenvalue weighted by Crippen LogP contribution is -2.48. The molecule has 2 fully saturated rings. The number of fused-ring (bicyclic) bond motifs is 4. The molecule has 0 radical (unpaired) electrons. The van der Waals surface area contributed by atoms with Crippen LogP contribution >= 0.6 is 0 Å². The quantitative estimate of drug-likeness (QED) is 0.0465. The Morgan fingerprint density at radius 2 is 1.24 bits per heavy atom. The van der Waals surface area contributed by atoms with Gasteiger partial charge in [0.15, 0.2) is 40.9 Å². The Morgan fingerprint density at radius 1 is 0.630 bits per heavy atom. The van der Waals surface area contributed by atoms with Crippen LogP contribution < -0.4 is 63.1 Å². The fourth-order valence-electron chi connectivity index (χ4n) is 12.6. The minimum atomic E-state index is -3.65. The highest BCUT2D eigenvalue weighted by molar-refractivity contribution is 7.89. The number of hydrogen-bond acceptors (Lipinski definition) is 20. The van der Waals surface area contributed by atoms with E-state index >= 15 is 0 Å². The maximum Gasteiger partial charge on any atom is 0.333 e. The number of ether oxygens (including phenoxy) is 3. The number of sulfonamides is 1. The SMILES string of the molecule is C.CCCn1c(=O)[nH]c2nc(-c3ccc(S(=O)(=O)N4CCN(c5ccc(C)cc5)CC4)cc3)[nH]c2c1=O.CCCn1c(=O)c2[nH]c(-c3cc(OCC(=O)Nc4ccc5c(c4)OCO5)nn3C)nc2n(CCC)c1=O.CCCn1c(=O)n(C2CC2)c(=O)c2[nH]c(-c3ccc(N(C)C(=O)c4ccc(C)nc4)nc3)nc21. The van der Waals surface area contributed by atoms with Crippen LogP contribution in [0.2, 0.25) is 0 Å². The van der Waals surface area contributed by atoms with Gasteiger partial charge in [-0.25, -0.2) is 42.7 Å². The monoisotopic (exact) mass is 1490 g/mol. The van der Waals surface area contributed by atoms with E-state index in [1.807, 2.05) is 41.5 Å². The van der Waals surface area contributed by atoms with Crippen molar-refractivity contribution >= 4 is 72.5 Å². The first-order valence-corrected chi connectivity index (χ1v) is 36.7. The molecule has 12 aromatic rings. The predicted octanol–water partition coefficient (Wildman–Crippen LogP) is 7.47. The van der Waals surface area contributed by atoms with E-state index in [0.29, 0.717) is 151 Å². The zero-order valence-electron chi connectivity index (χ0n) is 60.2. The second-order valence-corrected chi connectivity index (χ2v) is 28.0. The normalized spacial score (nSPS) is 13.4. The van der Waals surface area contributed by atoms with Gasteiger partial charge < -0.3 is 39.4 Å². The molecule has 11 heterocycles. The van der Waals surface area contributed by atoms with Crippen molar-refractivity contribution in [3.8, 4) is 51.7 Å². The highest BCUT2D eigenvalue weighted by Crippen LogP contribution is 2.35. The lowest BCUT2D eigenvalue weighted by Gasteiger charge is -2.35. The third-order valence-electron chi connectivity index (χ3n) is 18.3. The number of anilines is 3. The molecule has 1 aliphatic carbocycles. The van der Waals surface area contributed by atoms with Crippen molar-refractivity contribution in [3.05, 3.63) is 189 Å². The van der Waals surface area contributed by atoms with Crippen molar-refractivity contribution in [2.45, 2.75) is 125 Å². The van der Waals surface area contributed by atoms with Gasteiger partial charge >= 0.3 is 17.1 Å². The van der Waals surface area contributed by atoms with E-state index in [0.717, 1.165) is 35.2 Å². The van der Waals surface area contributed by atoms with Crippen LogP contribution in [-0.4, -0.2) is 149 Å². The zero-order valence-corrected chi connectivity index (χ0v) is 61.0. The standard InChI is InChI=1S/C25H28N6O4S.C24H27N7O6.C24H25N7O3.CH4/c1-3-12-31-24(32)21-23(28-25(31)33)27-22(26-21)18-6-10-20(11-7-18)36(34,35)30-15-13-29(14-16-30)19-8-4-17(2)5-9-19;1-4-8-30-22-20(23(33)31(9-5-2)24(30)34)26-21(27-22)15-11-19(28-29(15)3)35-12-18(32)25-14-6-7-16-17(10-14)37-13-36-16;1-4-11-30-21-19(23(33)31(24(30)34)17-8-9-17)27-20(28-21)15-7-10-18(26-12-15)29(3)22(32)16-6-5-14(2)25-13-16;/h4-11H,3,12-16H2,1-2H3,(H,26,27)(H,28,33);6-7,10-11H,4-5,8-9,12-13H2,1-3H3,(H,25,32)(H,26,27);5-7,10,12-13,17H,4,8-9,11H2,1-3H3,(H,27,28);1H4. The van der Waals surface area contributed by atoms with Gasteiger partial charge in [0.25, 0.3) is 28.5 Å². The number of aryl methyl sites for hydroxylation is 5. The van der Waals surface area contributed by atoms with Crippen molar-refractivity contribution in [1.29, 1.82) is 0 Å². The van der Waals surface area contributed by atoms with Crippen molar-refractivity contribution in [2.24, 2.45) is 7.05 Å². The molecule has 3 aliphatic rings. The number of aromatic nitrogens is 16. The van der Waals surface area contributed by atoms with Crippen LogP contribution in [0.15, 0.2) is 143 Å². The first-order valence-electron chi connectivity index (χ1n) is 35.2. The molecular formula is C74H84N20O13S. The Hall–Kier alpha value is -12.3. The van der Waals surface area contributed by atoms with Crippen molar-refractivity contribution in [1.82, 2.24) is 81.8 Å². The summed E-state index contributed by atoms with van der Waals surface area (Å²) in [6.45, 7) is 15.1. The molecule has 0 spiro atoms. The topological polar surface area (TPSA) is 390 Å². The van der Waals surface area contributed by atoms with Gasteiger partial charge in [-0.15, -0.1) is 5.10 Å². The fraction of sp³-hybridized carbons (Fsp3) is 0.351. The van der Waals surface area contributed by atoms with Gasteiger partial charge in [0.1, 0.15) is 39.7 Å². The Morgan fingerprint density at radius 3 is 1.90 bits per heavy atom. The van der Waals surface area contributed by atoms with Gasteiger partial charge in [-0.1, -0.05) is 52.8 Å². The first-order chi connectivity index (χ1) is 51.5. The van der Waals surface area contributed by atoms with Gasteiger partial charge in [0.2, 0.25) is 22.7 Å². The molecule has 33 nitrogen and oxygen atoms in total. The van der Waals surface area contributed by atoms with Gasteiger partial charge in [-0.3, -0.25) is 66.4 Å². The van der Waals surface area contributed by atoms with Crippen LogP contribution in [0.25, 0.3) is 67.8 Å². The number of pyridine rings is 2. The molecule has 0 atom stereocenters. The largest absolute Gasteiger partial charge is 0.466 e. The number of imidazole rings is 3. The molecule has 1 saturated carbocycles. The molecule has 2 aliphatic heterocycles. The summed E-state index contributed by atoms with van der Waals surface area (Å²) in [6, 6.07) is 28.3. The number of amides is 2. The average molecular weight is 1490 g/mol. The highest BCUT2D eigenvalue weighted by atomic mass is 32.2. The fourth-order valence-corrected chi connectivity index (χ4v) is 14.0. The van der Waals surface area contributed by atoms with Crippen LogP contribution in [-0.2, 0) is 48.0 Å². The Bertz CT molecular complexity index is 5840. The summed E-state index contributed by atoms with van der Waals surface area (Å²) < 4.78 is 52.5. The average Bonchev–Trinajstić information content (AvgIpc) is 1.59. The van der Waals surface area contributed by atoms with Gasteiger partial charge in [0.05, 0.1) is 10.5 Å². The molecule has 34 heteroatoms. The Labute approximate surface area is 617 Å². The summed E-state index contributed by atoms with van der Waals surface area (Å²) in [6.07, 6.45) is 7.55. The minimum Gasteiger partial charge on any atom is -0.466 e. The minimum absolute atomic E-state index is 0. The lowest BCUT2D eigenvalue weighted by molar-refractivity contribution is -0.118. The summed E-state index contributed by atoms with van der Waals surface area (Å²) in [5, 5.41) is 7.03. The number of aromatic amines is 4. The first kappa shape index (κ1) is 75.4. The van der Waals surface area contributed by atoms with E-state index in [9.17, 15) is 46.8 Å². The van der Waals surface area contributed by atoms with Crippen molar-refractivity contribution < 1.29 is 32.2 Å². The molecular weight excluding hydrogens is 1410 g/mol. The third-order valence-corrected chi connectivity index (χ3v) is 20.3. The maximum atomic E-state index is 13.2. The van der Waals surface area contributed by atoms with Crippen LogP contribution in [0, 0.1) is 13.8 Å². The van der Waals surface area contributed by atoms with Crippen molar-refractivity contribution in [2.75, 3.05) is 61.7 Å². The summed E-state index contributed by atoms with van der Waals surface area (Å²) in [7, 11) is -0.308. The number of H-pyrrole nitrogens is 4. The van der Waals surface area contributed by atoms with Crippen LogP contribution in [0.5, 0.6) is 17.4 Å². The van der Waals surface area contributed by atoms with E-state index in [1.54, 1.807) is 104 Å². The number of rotatable bonds is 21. The molecule has 15 rings (SSSR count). The second-order valence-electron chi connectivity index (χ2n) is 26.1. The van der Waals surface area contributed by atoms with Crippen LogP contribution in [0.3, 0.4) is 0 Å². The molecule has 5 N–H and O–H groups in total. The smallest absolute Gasteiger partial charge is 0.333 e. The number of benzene rings is 3. The van der Waals surface area contributed by atoms with Crippen molar-refractivity contribution in [3.63, 3.8) is 0 Å². The molecule has 0 bridgehead atoms. The second kappa shape index (κ2) is 31.8. The number of carbonyl (C=O) groups excluding carboxylic acids is 2. The van der Waals surface area contributed by atoms with E-state index in [1.165, 1.54) is 33.2 Å². The Balaban J connectivity index is 0.000000151. The number of nitrogens with zero attached hydrogens (tertiary/aromatic N) is 15. The maximum absolute atomic E-state index is 13.2. The van der Waals surface area contributed by atoms with E-state index in [2.05, 4.69) is 84.4 Å². The van der Waals surface area contributed by atoms with Gasteiger partial charge in [0, 0.05) is 125 Å². The molecule has 108 heavy (non-hydrogen) atoms. The highest BCUT2D eigenvalue weighted by Gasteiger charge is 2.32. The Kier molecular flexibility index (Phi) is 22.2. The molecule has 2 amide bonds. The summed E-state index contributed by atoms with van der Waals surface area (Å²) in [4.78, 5) is 140. The molecule has 3 aromatic carbocycles. The predicted molar refractivity (Wildman–Crippen MR) is 408 cm³/mol. The summed E-state index contributed by atoms with van der Waals surface area (Å²) in [5.74, 6) is 2.43. The lowest BCUT2D eigenvalue weighted by atomic mass is 10.2. The van der Waals surface area contributed by atoms with E-state index in [-0.39, 0.29) is 83.1 Å². The zero-order chi connectivity index (χ0) is 75.5. The molecule has 564 valence electrons. The van der Waals surface area contributed by atoms with Crippen LogP contribution in [0.1, 0.15) is 101 Å². The number of carbonyl (C=O) groups is 2. The summed E-state index contributed by atoms with van der Waals surface area (Å²) in [5.41, 5.74) is 5.16. The summed E-state index contributed by atoms with van der Waals surface area (Å²) >= 11 is 0. The van der Waals surface area contributed by atoms with Crippen LogP contribution in [0.4, 0.5) is 17.2 Å². The number of nitrogens with one attached hydrogen (secondary N) is 5. The van der Waals surface area contributed by atoms with Gasteiger partial charge in [-0.2, -0.15) is 4.31 Å². The molecule has 1 saturated heterocycles. The van der Waals surface area contributed by atoms with Gasteiger partial charge in [-0.05, 0) is 125 Å². The van der Waals surface area contributed by atoms with E-state index in [4.69, 9.17) is 14.2 Å². The molecule has 0 unspecified atom stereocenters.